The van der Waals surface area contributed by atoms with Crippen LogP contribution in [0.5, 0.6) is 5.75 Å². The van der Waals surface area contributed by atoms with Gasteiger partial charge in [0.2, 0.25) is 5.91 Å². The number of benzene rings is 1. The first kappa shape index (κ1) is 30.7. The first-order valence-corrected chi connectivity index (χ1v) is 12.8. The number of carbonyl (C=O) groups is 3. The average molecular weight is 530 g/mol. The minimum Gasteiger partial charge on any atom is -0.496 e. The third-order valence-corrected chi connectivity index (χ3v) is 6.09. The molecule has 2 atom stereocenters. The zero-order chi connectivity index (χ0) is 29.0. The molecule has 0 aliphatic heterocycles. The number of ether oxygens (including phenoxy) is 3. The molecular weight excluding hydrogens is 486 g/mol. The summed E-state index contributed by atoms with van der Waals surface area (Å²) in [6.07, 6.45) is 1.56. The SMILES string of the molecule is COC(=O)[C@@](C)(Cc1c(/C(C)=C\C(C)C)[nH]c2cc(OC)c(C)cc12)NC(=O)[C@H](C)NC(=O)OC(C)(C)C. The van der Waals surface area contributed by atoms with E-state index in [4.69, 9.17) is 14.2 Å². The molecular formula is C29H43N3O6. The van der Waals surface area contributed by atoms with Crippen LogP contribution in [0.1, 0.15) is 72.2 Å². The lowest BCUT2D eigenvalue weighted by molar-refractivity contribution is -0.150. The molecule has 0 aliphatic rings. The lowest BCUT2D eigenvalue weighted by Gasteiger charge is -2.30. The first-order chi connectivity index (χ1) is 17.5. The Labute approximate surface area is 225 Å². The molecule has 0 unspecified atom stereocenters. The predicted octanol–water partition coefficient (Wildman–Crippen LogP) is 5.05. The number of alkyl carbamates (subject to hydrolysis) is 1. The van der Waals surface area contributed by atoms with E-state index in [0.29, 0.717) is 5.92 Å². The summed E-state index contributed by atoms with van der Waals surface area (Å²) in [4.78, 5) is 41.9. The summed E-state index contributed by atoms with van der Waals surface area (Å²) in [6, 6.07) is 2.99. The minimum absolute atomic E-state index is 0.148. The van der Waals surface area contributed by atoms with Gasteiger partial charge in [0.1, 0.15) is 22.9 Å². The van der Waals surface area contributed by atoms with E-state index in [2.05, 4.69) is 35.5 Å². The van der Waals surface area contributed by atoms with Crippen molar-refractivity contribution in [2.45, 2.75) is 85.9 Å². The number of aromatic amines is 1. The molecule has 1 heterocycles. The maximum atomic E-state index is 13.1. The van der Waals surface area contributed by atoms with Crippen LogP contribution in [0.15, 0.2) is 18.2 Å². The molecule has 2 rings (SSSR count). The van der Waals surface area contributed by atoms with Crippen molar-refractivity contribution in [3.63, 3.8) is 0 Å². The van der Waals surface area contributed by atoms with Crippen LogP contribution in [-0.2, 0) is 25.5 Å². The lowest BCUT2D eigenvalue weighted by Crippen LogP contribution is -2.59. The van der Waals surface area contributed by atoms with E-state index in [1.165, 1.54) is 14.0 Å². The maximum absolute atomic E-state index is 13.1. The van der Waals surface area contributed by atoms with E-state index in [9.17, 15) is 14.4 Å². The van der Waals surface area contributed by atoms with Gasteiger partial charge in [-0.25, -0.2) is 9.59 Å². The number of allylic oxidation sites excluding steroid dienone is 2. The van der Waals surface area contributed by atoms with Crippen molar-refractivity contribution < 1.29 is 28.6 Å². The molecule has 0 spiro atoms. The summed E-state index contributed by atoms with van der Waals surface area (Å²) in [5, 5.41) is 6.25. The van der Waals surface area contributed by atoms with E-state index in [1.54, 1.807) is 34.8 Å². The molecule has 0 fully saturated rings. The van der Waals surface area contributed by atoms with Crippen LogP contribution in [0.25, 0.3) is 16.5 Å². The van der Waals surface area contributed by atoms with Gasteiger partial charge in [-0.1, -0.05) is 19.9 Å². The molecule has 0 saturated heterocycles. The molecule has 38 heavy (non-hydrogen) atoms. The summed E-state index contributed by atoms with van der Waals surface area (Å²) in [6.45, 7) is 16.5. The number of hydrogen-bond donors (Lipinski definition) is 3. The highest BCUT2D eigenvalue weighted by atomic mass is 16.6. The Morgan fingerprint density at radius 2 is 1.71 bits per heavy atom. The molecule has 9 heteroatoms. The highest BCUT2D eigenvalue weighted by Gasteiger charge is 2.39. The zero-order valence-corrected chi connectivity index (χ0v) is 24.5. The second-order valence-electron chi connectivity index (χ2n) is 11.3. The fourth-order valence-corrected chi connectivity index (χ4v) is 4.39. The Kier molecular flexibility index (Phi) is 9.64. The van der Waals surface area contributed by atoms with Gasteiger partial charge in [-0.15, -0.1) is 0 Å². The molecule has 0 aliphatic carbocycles. The number of esters is 1. The van der Waals surface area contributed by atoms with Crippen LogP contribution < -0.4 is 15.4 Å². The third-order valence-electron chi connectivity index (χ3n) is 6.09. The second kappa shape index (κ2) is 11.9. The van der Waals surface area contributed by atoms with Gasteiger partial charge in [0.05, 0.1) is 14.2 Å². The Morgan fingerprint density at radius 3 is 2.24 bits per heavy atom. The molecule has 0 radical (unpaired) electrons. The number of aromatic nitrogens is 1. The van der Waals surface area contributed by atoms with Gasteiger partial charge in [0.15, 0.2) is 0 Å². The number of carbonyl (C=O) groups excluding carboxylic acids is 3. The molecule has 2 amide bonds. The second-order valence-corrected chi connectivity index (χ2v) is 11.3. The lowest BCUT2D eigenvalue weighted by atomic mass is 9.88. The van der Waals surface area contributed by atoms with Gasteiger partial charge in [0, 0.05) is 29.1 Å². The van der Waals surface area contributed by atoms with Crippen molar-refractivity contribution in [2.75, 3.05) is 14.2 Å². The summed E-state index contributed by atoms with van der Waals surface area (Å²) in [5.74, 6) is -0.103. The van der Waals surface area contributed by atoms with Gasteiger partial charge in [-0.2, -0.15) is 0 Å². The van der Waals surface area contributed by atoms with E-state index in [-0.39, 0.29) is 6.42 Å². The van der Waals surface area contributed by atoms with Crippen molar-refractivity contribution in [1.29, 1.82) is 0 Å². The topological polar surface area (TPSA) is 119 Å². The zero-order valence-electron chi connectivity index (χ0n) is 24.5. The summed E-state index contributed by atoms with van der Waals surface area (Å²) in [5.41, 5.74) is 2.40. The van der Waals surface area contributed by atoms with Crippen molar-refractivity contribution in [3.8, 4) is 5.75 Å². The van der Waals surface area contributed by atoms with Gasteiger partial charge in [-0.3, -0.25) is 4.79 Å². The number of methoxy groups -OCH3 is 2. The van der Waals surface area contributed by atoms with E-state index in [0.717, 1.165) is 39.0 Å². The number of H-pyrrole nitrogens is 1. The fraction of sp³-hybridized carbons (Fsp3) is 0.552. The van der Waals surface area contributed by atoms with Crippen LogP contribution in [0, 0.1) is 12.8 Å². The van der Waals surface area contributed by atoms with Crippen molar-refractivity contribution in [1.82, 2.24) is 15.6 Å². The van der Waals surface area contributed by atoms with Crippen LogP contribution in [0.3, 0.4) is 0 Å². The fourth-order valence-electron chi connectivity index (χ4n) is 4.39. The third kappa shape index (κ3) is 7.52. The Hall–Kier alpha value is -3.49. The molecule has 2 aromatic rings. The van der Waals surface area contributed by atoms with Crippen LogP contribution >= 0.6 is 0 Å². The van der Waals surface area contributed by atoms with Gasteiger partial charge in [-0.05, 0) is 77.2 Å². The number of rotatable bonds is 9. The Morgan fingerprint density at radius 1 is 1.08 bits per heavy atom. The molecule has 0 bridgehead atoms. The highest BCUT2D eigenvalue weighted by Crippen LogP contribution is 2.35. The predicted molar refractivity (Wildman–Crippen MR) is 149 cm³/mol. The van der Waals surface area contributed by atoms with E-state index in [1.807, 2.05) is 26.0 Å². The monoisotopic (exact) mass is 529 g/mol. The molecule has 9 nitrogen and oxygen atoms in total. The summed E-state index contributed by atoms with van der Waals surface area (Å²) >= 11 is 0. The van der Waals surface area contributed by atoms with Gasteiger partial charge >= 0.3 is 12.1 Å². The number of aryl methyl sites for hydroxylation is 1. The number of nitrogens with one attached hydrogen (secondary N) is 3. The summed E-state index contributed by atoms with van der Waals surface area (Å²) < 4.78 is 15.9. The Balaban J connectivity index is 2.53. The molecule has 0 saturated carbocycles. The largest absolute Gasteiger partial charge is 0.496 e. The van der Waals surface area contributed by atoms with Gasteiger partial charge in [0.25, 0.3) is 0 Å². The maximum Gasteiger partial charge on any atom is 0.408 e. The number of fused-ring (bicyclic) bond motifs is 1. The molecule has 1 aromatic heterocycles. The van der Waals surface area contributed by atoms with Crippen molar-refractivity contribution in [2.24, 2.45) is 5.92 Å². The van der Waals surface area contributed by atoms with E-state index < -0.39 is 35.2 Å². The normalized spacial score (nSPS) is 14.6. The minimum atomic E-state index is -1.43. The molecule has 3 N–H and O–H groups in total. The van der Waals surface area contributed by atoms with Crippen molar-refractivity contribution >= 4 is 34.4 Å². The number of amides is 2. The van der Waals surface area contributed by atoms with Crippen LogP contribution in [-0.4, -0.2) is 54.4 Å². The molecule has 1 aromatic carbocycles. The van der Waals surface area contributed by atoms with Crippen LogP contribution in [0.2, 0.25) is 0 Å². The summed E-state index contributed by atoms with van der Waals surface area (Å²) in [7, 11) is 2.91. The van der Waals surface area contributed by atoms with Crippen LogP contribution in [0.4, 0.5) is 4.79 Å². The quantitative estimate of drug-likeness (QED) is 0.391. The number of hydrogen-bond acceptors (Lipinski definition) is 6. The van der Waals surface area contributed by atoms with Gasteiger partial charge < -0.3 is 29.8 Å². The highest BCUT2D eigenvalue weighted by molar-refractivity contribution is 5.95. The standard InChI is InChI=1S/C29H43N3O6/c1-16(2)12-18(4)24-21(20-13-17(3)23(36-10)14-22(20)31-24)15-29(9,26(34)37-11)32-25(33)19(5)30-27(35)38-28(6,7)8/h12-14,16,19,31H,15H2,1-11H3,(H,30,35)(H,32,33)/b18-12-/t19-,29+/m0/s1. The smallest absolute Gasteiger partial charge is 0.408 e. The first-order valence-electron chi connectivity index (χ1n) is 12.8. The van der Waals surface area contributed by atoms with E-state index >= 15 is 0 Å². The molecule has 210 valence electrons. The van der Waals surface area contributed by atoms with Crippen molar-refractivity contribution in [3.05, 3.63) is 35.0 Å². The Bertz CT molecular complexity index is 1220. The average Bonchev–Trinajstić information content (AvgIpc) is 3.12.